The van der Waals surface area contributed by atoms with Crippen molar-refractivity contribution in [3.63, 3.8) is 0 Å². The maximum absolute atomic E-state index is 13.4. The van der Waals surface area contributed by atoms with Crippen molar-refractivity contribution in [3.8, 4) is 0 Å². The summed E-state index contributed by atoms with van der Waals surface area (Å²) in [7, 11) is 0. The van der Waals surface area contributed by atoms with Gasteiger partial charge < -0.3 is 5.32 Å². The highest BCUT2D eigenvalue weighted by Gasteiger charge is 2.25. The third-order valence-electron chi connectivity index (χ3n) is 2.60. The molecule has 0 bridgehead atoms. The Kier molecular flexibility index (Phi) is 4.58. The maximum Gasteiger partial charge on any atom is 0.200 e. The molecular weight excluding hydrogens is 336 g/mol. The van der Waals surface area contributed by atoms with Gasteiger partial charge in [0.2, 0.25) is 5.82 Å². The predicted molar refractivity (Wildman–Crippen MR) is 70.0 cm³/mol. The molecule has 0 aliphatic rings. The molecule has 0 aliphatic heterocycles. The second kappa shape index (κ2) is 6.07. The number of hydrogen-bond acceptors (Lipinski definition) is 1. The van der Waals surface area contributed by atoms with Gasteiger partial charge in [-0.1, -0.05) is 23.2 Å². The summed E-state index contributed by atoms with van der Waals surface area (Å²) in [6.45, 7) is -0.224. The van der Waals surface area contributed by atoms with Crippen LogP contribution in [-0.2, 0) is 6.54 Å². The van der Waals surface area contributed by atoms with Crippen molar-refractivity contribution < 1.29 is 22.0 Å². The van der Waals surface area contributed by atoms with Crippen LogP contribution in [-0.4, -0.2) is 0 Å². The van der Waals surface area contributed by atoms with E-state index in [1.54, 1.807) is 0 Å². The number of halogens is 7. The van der Waals surface area contributed by atoms with Crippen molar-refractivity contribution in [1.29, 1.82) is 0 Å². The fraction of sp³-hybridized carbons (Fsp3) is 0.0769. The third-order valence-corrected chi connectivity index (χ3v) is 3.04. The average molecular weight is 342 g/mol. The van der Waals surface area contributed by atoms with Crippen LogP contribution >= 0.6 is 23.2 Å². The summed E-state index contributed by atoms with van der Waals surface area (Å²) in [6, 6.07) is 4.31. The molecule has 2 aromatic carbocycles. The normalized spacial score (nSPS) is 10.8. The zero-order valence-electron chi connectivity index (χ0n) is 10.1. The SMILES string of the molecule is Fc1c(F)c(F)c(NCc2cc(Cl)cc(Cl)c2)c(F)c1F. The molecule has 2 rings (SSSR count). The molecule has 0 aromatic heterocycles. The quantitative estimate of drug-likeness (QED) is 0.453. The van der Waals surface area contributed by atoms with Crippen molar-refractivity contribution in [2.75, 3.05) is 5.32 Å². The van der Waals surface area contributed by atoms with Crippen LogP contribution < -0.4 is 5.32 Å². The highest BCUT2D eigenvalue weighted by atomic mass is 35.5. The van der Waals surface area contributed by atoms with Gasteiger partial charge >= 0.3 is 0 Å². The topological polar surface area (TPSA) is 12.0 Å². The fourth-order valence-electron chi connectivity index (χ4n) is 1.66. The minimum atomic E-state index is -2.21. The molecule has 21 heavy (non-hydrogen) atoms. The van der Waals surface area contributed by atoms with Gasteiger partial charge in [-0.15, -0.1) is 0 Å². The molecule has 0 fully saturated rings. The van der Waals surface area contributed by atoms with Crippen LogP contribution in [0, 0.1) is 29.1 Å². The van der Waals surface area contributed by atoms with Gasteiger partial charge in [-0.25, -0.2) is 22.0 Å². The van der Waals surface area contributed by atoms with E-state index in [0.29, 0.717) is 5.56 Å². The Morgan fingerprint density at radius 1 is 0.714 bits per heavy atom. The molecule has 8 heteroatoms. The first kappa shape index (κ1) is 15.9. The van der Waals surface area contributed by atoms with Gasteiger partial charge in [0.25, 0.3) is 0 Å². The first-order valence-electron chi connectivity index (χ1n) is 5.51. The largest absolute Gasteiger partial charge is 0.376 e. The summed E-state index contributed by atoms with van der Waals surface area (Å²) in [6.07, 6.45) is 0. The lowest BCUT2D eigenvalue weighted by molar-refractivity contribution is 0.381. The highest BCUT2D eigenvalue weighted by Crippen LogP contribution is 2.28. The summed E-state index contributed by atoms with van der Waals surface area (Å²) in [4.78, 5) is 0. The highest BCUT2D eigenvalue weighted by molar-refractivity contribution is 6.34. The molecule has 0 saturated heterocycles. The van der Waals surface area contributed by atoms with Gasteiger partial charge in [0.05, 0.1) is 0 Å². The fourth-order valence-corrected chi connectivity index (χ4v) is 2.23. The van der Waals surface area contributed by atoms with E-state index in [1.807, 2.05) is 0 Å². The van der Waals surface area contributed by atoms with Crippen molar-refractivity contribution in [2.45, 2.75) is 6.54 Å². The molecule has 0 aliphatic carbocycles. The van der Waals surface area contributed by atoms with E-state index < -0.39 is 34.8 Å². The summed E-state index contributed by atoms with van der Waals surface area (Å²) >= 11 is 11.5. The Morgan fingerprint density at radius 3 is 1.62 bits per heavy atom. The Hall–Kier alpha value is -1.53. The predicted octanol–water partition coefficient (Wildman–Crippen LogP) is 5.30. The second-order valence-corrected chi connectivity index (χ2v) is 4.95. The van der Waals surface area contributed by atoms with Crippen LogP contribution in [0.4, 0.5) is 27.6 Å². The molecule has 0 saturated carbocycles. The molecule has 0 amide bonds. The summed E-state index contributed by atoms with van der Waals surface area (Å²) in [5.74, 6) is -10.1. The minimum Gasteiger partial charge on any atom is -0.376 e. The number of benzene rings is 2. The molecule has 0 heterocycles. The van der Waals surface area contributed by atoms with Crippen molar-refractivity contribution in [1.82, 2.24) is 0 Å². The molecule has 2 aromatic rings. The van der Waals surface area contributed by atoms with Gasteiger partial charge in [0.1, 0.15) is 5.69 Å². The van der Waals surface area contributed by atoms with Crippen LogP contribution in [0.3, 0.4) is 0 Å². The third kappa shape index (κ3) is 3.22. The number of rotatable bonds is 3. The zero-order chi connectivity index (χ0) is 15.7. The van der Waals surface area contributed by atoms with E-state index in [4.69, 9.17) is 23.2 Å². The zero-order valence-corrected chi connectivity index (χ0v) is 11.6. The Morgan fingerprint density at radius 2 is 1.14 bits per heavy atom. The monoisotopic (exact) mass is 341 g/mol. The van der Waals surface area contributed by atoms with Crippen molar-refractivity contribution in [2.24, 2.45) is 0 Å². The van der Waals surface area contributed by atoms with Crippen LogP contribution in [0.25, 0.3) is 0 Å². The molecular formula is C13H6Cl2F5N. The molecule has 0 atom stereocenters. The first-order chi connectivity index (χ1) is 9.81. The van der Waals surface area contributed by atoms with E-state index in [-0.39, 0.29) is 16.6 Å². The molecule has 0 spiro atoms. The van der Waals surface area contributed by atoms with Crippen LogP contribution in [0.1, 0.15) is 5.56 Å². The Bertz CT molecular complexity index is 656. The summed E-state index contributed by atoms with van der Waals surface area (Å²) < 4.78 is 65.8. The summed E-state index contributed by atoms with van der Waals surface area (Å²) in [5, 5.41) is 2.70. The van der Waals surface area contributed by atoms with E-state index >= 15 is 0 Å². The average Bonchev–Trinajstić information content (AvgIpc) is 2.42. The molecule has 1 N–H and O–H groups in total. The van der Waals surface area contributed by atoms with Crippen LogP contribution in [0.5, 0.6) is 0 Å². The van der Waals surface area contributed by atoms with E-state index in [2.05, 4.69) is 5.32 Å². The van der Waals surface area contributed by atoms with Gasteiger partial charge in [-0.2, -0.15) is 0 Å². The van der Waals surface area contributed by atoms with E-state index in [1.165, 1.54) is 18.2 Å². The Labute approximate surface area is 126 Å². The van der Waals surface area contributed by atoms with Gasteiger partial charge in [-0.3, -0.25) is 0 Å². The van der Waals surface area contributed by atoms with E-state index in [9.17, 15) is 22.0 Å². The molecule has 0 radical (unpaired) electrons. The van der Waals surface area contributed by atoms with E-state index in [0.717, 1.165) is 0 Å². The lowest BCUT2D eigenvalue weighted by atomic mass is 10.2. The smallest absolute Gasteiger partial charge is 0.200 e. The van der Waals surface area contributed by atoms with Crippen LogP contribution in [0.15, 0.2) is 18.2 Å². The lowest BCUT2D eigenvalue weighted by Crippen LogP contribution is -2.09. The second-order valence-electron chi connectivity index (χ2n) is 4.08. The van der Waals surface area contributed by atoms with Gasteiger partial charge in [-0.05, 0) is 23.8 Å². The first-order valence-corrected chi connectivity index (χ1v) is 6.27. The van der Waals surface area contributed by atoms with Crippen molar-refractivity contribution >= 4 is 28.9 Å². The molecule has 112 valence electrons. The Balaban J connectivity index is 2.32. The lowest BCUT2D eigenvalue weighted by Gasteiger charge is -2.11. The number of nitrogens with one attached hydrogen (secondary N) is 1. The standard InChI is InChI=1S/C13H6Cl2F5N/c14-6-1-5(2-7(15)3-6)4-21-13-11(19)9(17)8(16)10(18)12(13)20/h1-3,21H,4H2. The molecule has 1 nitrogen and oxygen atoms in total. The maximum atomic E-state index is 13.4. The molecule has 0 unspecified atom stereocenters. The number of hydrogen-bond donors (Lipinski definition) is 1. The summed E-state index contributed by atoms with van der Waals surface area (Å²) in [5.41, 5.74) is -0.695. The minimum absolute atomic E-state index is 0.224. The van der Waals surface area contributed by atoms with Gasteiger partial charge in [0.15, 0.2) is 23.3 Å². The van der Waals surface area contributed by atoms with Crippen LogP contribution in [0.2, 0.25) is 10.0 Å². The number of anilines is 1. The van der Waals surface area contributed by atoms with Crippen molar-refractivity contribution in [3.05, 3.63) is 62.9 Å². The van der Waals surface area contributed by atoms with Gasteiger partial charge in [0, 0.05) is 16.6 Å².